The van der Waals surface area contributed by atoms with Crippen molar-refractivity contribution in [1.82, 2.24) is 4.90 Å². The molecule has 5 heteroatoms. The molecular formula is C19H28BNO3. The smallest absolute Gasteiger partial charge is 0.400 e. The molecule has 24 heavy (non-hydrogen) atoms. The van der Waals surface area contributed by atoms with E-state index < -0.39 is 0 Å². The van der Waals surface area contributed by atoms with E-state index in [0.717, 1.165) is 18.7 Å². The summed E-state index contributed by atoms with van der Waals surface area (Å²) in [5.41, 5.74) is 1.07. The maximum atomic E-state index is 12.3. The van der Waals surface area contributed by atoms with Gasteiger partial charge >= 0.3 is 7.12 Å². The Kier molecular flexibility index (Phi) is 5.56. The van der Waals surface area contributed by atoms with Gasteiger partial charge in [0, 0.05) is 18.7 Å². The molecule has 1 amide bonds. The Labute approximate surface area is 146 Å². The molecule has 2 rings (SSSR count). The molecule has 0 aliphatic carbocycles. The third-order valence-corrected chi connectivity index (χ3v) is 4.93. The van der Waals surface area contributed by atoms with Crippen LogP contribution in [-0.2, 0) is 9.31 Å². The number of nitrogens with zero attached hydrogens (tertiary/aromatic N) is 1. The minimum Gasteiger partial charge on any atom is -0.400 e. The van der Waals surface area contributed by atoms with Crippen LogP contribution in [-0.4, -0.2) is 42.2 Å². The van der Waals surface area contributed by atoms with Crippen LogP contribution in [0.25, 0.3) is 6.08 Å². The molecular weight excluding hydrogens is 301 g/mol. The molecule has 1 aromatic rings. The molecule has 1 aromatic carbocycles. The van der Waals surface area contributed by atoms with Crippen LogP contribution in [0.3, 0.4) is 0 Å². The normalized spacial score (nSPS) is 19.0. The third kappa shape index (κ3) is 3.90. The van der Waals surface area contributed by atoms with Gasteiger partial charge in [-0.15, -0.1) is 0 Å². The van der Waals surface area contributed by atoms with Gasteiger partial charge in [0.25, 0.3) is 5.91 Å². The number of carbonyl (C=O) groups excluding carboxylic acids is 1. The topological polar surface area (TPSA) is 38.8 Å². The van der Waals surface area contributed by atoms with Crippen molar-refractivity contribution in [3.63, 3.8) is 0 Å². The summed E-state index contributed by atoms with van der Waals surface area (Å²) in [4.78, 5) is 14.1. The van der Waals surface area contributed by atoms with Crippen LogP contribution in [0.1, 0.15) is 57.5 Å². The molecule has 0 spiro atoms. The average Bonchev–Trinajstić information content (AvgIpc) is 2.74. The first-order valence-electron chi connectivity index (χ1n) is 8.63. The highest BCUT2D eigenvalue weighted by Crippen LogP contribution is 2.37. The fourth-order valence-corrected chi connectivity index (χ4v) is 2.59. The number of rotatable bonds is 5. The first-order valence-corrected chi connectivity index (χ1v) is 8.63. The predicted octanol–water partition coefficient (Wildman–Crippen LogP) is 3.81. The van der Waals surface area contributed by atoms with E-state index in [1.807, 2.05) is 82.8 Å². The highest BCUT2D eigenvalue weighted by molar-refractivity contribution is 6.52. The van der Waals surface area contributed by atoms with Crippen molar-refractivity contribution in [3.8, 4) is 0 Å². The number of benzene rings is 1. The highest BCUT2D eigenvalue weighted by atomic mass is 16.7. The molecule has 1 aliphatic heterocycles. The summed E-state index contributed by atoms with van der Waals surface area (Å²) < 4.78 is 11.9. The maximum Gasteiger partial charge on any atom is 0.487 e. The number of hydrogen-bond acceptors (Lipinski definition) is 3. The van der Waals surface area contributed by atoms with Crippen LogP contribution in [0.5, 0.6) is 0 Å². The van der Waals surface area contributed by atoms with E-state index in [2.05, 4.69) is 0 Å². The largest absolute Gasteiger partial charge is 0.487 e. The zero-order valence-corrected chi connectivity index (χ0v) is 15.6. The Hall–Kier alpha value is -1.59. The molecule has 1 heterocycles. The third-order valence-electron chi connectivity index (χ3n) is 4.93. The lowest BCUT2D eigenvalue weighted by Gasteiger charge is -2.32. The minimum absolute atomic E-state index is 0.0708. The lowest BCUT2D eigenvalue weighted by molar-refractivity contribution is 0.00578. The zero-order valence-electron chi connectivity index (χ0n) is 15.6. The van der Waals surface area contributed by atoms with Crippen LogP contribution < -0.4 is 0 Å². The van der Waals surface area contributed by atoms with Gasteiger partial charge in [-0.1, -0.05) is 24.2 Å². The van der Waals surface area contributed by atoms with E-state index >= 15 is 0 Å². The van der Waals surface area contributed by atoms with Gasteiger partial charge in [0.15, 0.2) is 0 Å². The van der Waals surface area contributed by atoms with Gasteiger partial charge in [-0.25, -0.2) is 0 Å². The Morgan fingerprint density at radius 2 is 1.54 bits per heavy atom. The molecule has 1 saturated heterocycles. The molecule has 0 bridgehead atoms. The van der Waals surface area contributed by atoms with Crippen LogP contribution >= 0.6 is 0 Å². The van der Waals surface area contributed by atoms with Crippen LogP contribution in [0, 0.1) is 0 Å². The molecule has 130 valence electrons. The Morgan fingerprint density at radius 1 is 1.04 bits per heavy atom. The summed E-state index contributed by atoms with van der Waals surface area (Å²) in [6.07, 6.45) is 1.97. The monoisotopic (exact) mass is 329 g/mol. The van der Waals surface area contributed by atoms with Gasteiger partial charge in [0.05, 0.1) is 11.2 Å². The first kappa shape index (κ1) is 18.7. The van der Waals surface area contributed by atoms with E-state index in [0.29, 0.717) is 5.56 Å². The Balaban J connectivity index is 2.04. The van der Waals surface area contributed by atoms with Crippen molar-refractivity contribution in [2.45, 2.75) is 52.7 Å². The second-order valence-corrected chi connectivity index (χ2v) is 7.08. The predicted molar refractivity (Wildman–Crippen MR) is 98.8 cm³/mol. The summed E-state index contributed by atoms with van der Waals surface area (Å²) >= 11 is 0. The van der Waals surface area contributed by atoms with E-state index in [1.165, 1.54) is 0 Å². The summed E-state index contributed by atoms with van der Waals surface area (Å²) in [5, 5.41) is 0. The van der Waals surface area contributed by atoms with E-state index in [4.69, 9.17) is 9.31 Å². The van der Waals surface area contributed by atoms with Gasteiger partial charge < -0.3 is 14.2 Å². The van der Waals surface area contributed by atoms with Gasteiger partial charge in [-0.3, -0.25) is 4.79 Å². The zero-order chi connectivity index (χ0) is 18.0. The first-order chi connectivity index (χ1) is 11.2. The molecule has 0 radical (unpaired) electrons. The number of carbonyl (C=O) groups is 1. The van der Waals surface area contributed by atoms with Gasteiger partial charge in [0.1, 0.15) is 0 Å². The average molecular weight is 329 g/mol. The number of hydrogen-bond donors (Lipinski definition) is 0. The summed E-state index contributed by atoms with van der Waals surface area (Å²) in [7, 11) is -0.355. The summed E-state index contributed by atoms with van der Waals surface area (Å²) in [6, 6.07) is 7.62. The lowest BCUT2D eigenvalue weighted by Crippen LogP contribution is -2.41. The van der Waals surface area contributed by atoms with Crippen LogP contribution in [0.15, 0.2) is 30.2 Å². The summed E-state index contributed by atoms with van der Waals surface area (Å²) in [5.74, 6) is 1.99. The van der Waals surface area contributed by atoms with Gasteiger partial charge in [-0.2, -0.15) is 0 Å². The van der Waals surface area contributed by atoms with E-state index in [-0.39, 0.29) is 24.2 Å². The molecule has 0 unspecified atom stereocenters. The SMILES string of the molecule is CCN(CC)C(=O)c1ccc(C=CB2OC(C)(C)C(C)(C)O2)cc1. The minimum atomic E-state index is -0.355. The maximum absolute atomic E-state index is 12.3. The summed E-state index contributed by atoms with van der Waals surface area (Å²) in [6.45, 7) is 13.6. The lowest BCUT2D eigenvalue weighted by atomic mass is 9.89. The van der Waals surface area contributed by atoms with E-state index in [9.17, 15) is 4.79 Å². The fraction of sp³-hybridized carbons (Fsp3) is 0.526. The molecule has 4 nitrogen and oxygen atoms in total. The van der Waals surface area contributed by atoms with Crippen molar-refractivity contribution in [2.75, 3.05) is 13.1 Å². The molecule has 1 aliphatic rings. The Morgan fingerprint density at radius 3 is 2.00 bits per heavy atom. The van der Waals surface area contributed by atoms with Crippen molar-refractivity contribution in [3.05, 3.63) is 41.4 Å². The van der Waals surface area contributed by atoms with Crippen molar-refractivity contribution in [2.24, 2.45) is 0 Å². The van der Waals surface area contributed by atoms with E-state index in [1.54, 1.807) is 0 Å². The van der Waals surface area contributed by atoms with Crippen LogP contribution in [0.2, 0.25) is 0 Å². The fourth-order valence-electron chi connectivity index (χ4n) is 2.59. The molecule has 0 aromatic heterocycles. The highest BCUT2D eigenvalue weighted by Gasteiger charge is 2.49. The second kappa shape index (κ2) is 7.12. The van der Waals surface area contributed by atoms with Crippen molar-refractivity contribution >= 4 is 19.1 Å². The van der Waals surface area contributed by atoms with Crippen molar-refractivity contribution in [1.29, 1.82) is 0 Å². The van der Waals surface area contributed by atoms with Crippen molar-refractivity contribution < 1.29 is 14.1 Å². The van der Waals surface area contributed by atoms with Gasteiger partial charge in [-0.05, 0) is 59.2 Å². The quantitative estimate of drug-likeness (QED) is 0.771. The second-order valence-electron chi connectivity index (χ2n) is 7.08. The number of amides is 1. The molecule has 0 saturated carbocycles. The van der Waals surface area contributed by atoms with Gasteiger partial charge in [0.2, 0.25) is 0 Å². The Bertz CT molecular complexity index is 588. The van der Waals surface area contributed by atoms with Crippen LogP contribution in [0.4, 0.5) is 0 Å². The molecule has 1 fully saturated rings. The molecule has 0 N–H and O–H groups in total. The molecule has 0 atom stereocenters. The standard InChI is InChI=1S/C19H28BNO3/c1-7-21(8-2)17(22)16-11-9-15(10-12-16)13-14-20-23-18(3,4)19(5,6)24-20/h9-14H,7-8H2,1-6H3.